The topological polar surface area (TPSA) is 79.5 Å². The maximum atomic E-state index is 12.6. The van der Waals surface area contributed by atoms with Crippen LogP contribution in [0, 0.1) is 6.92 Å². The average Bonchev–Trinajstić information content (AvgIpc) is 3.04. The predicted molar refractivity (Wildman–Crippen MR) is 85.4 cm³/mol. The summed E-state index contributed by atoms with van der Waals surface area (Å²) in [5, 5.41) is 1.20. The number of aromatic amines is 1. The fourth-order valence-electron chi connectivity index (χ4n) is 2.92. The van der Waals surface area contributed by atoms with E-state index in [-0.39, 0.29) is 11.1 Å². The molecular formula is C18H12N2O4. The van der Waals surface area contributed by atoms with Gasteiger partial charge in [0.05, 0.1) is 16.7 Å². The molecule has 1 aliphatic rings. The van der Waals surface area contributed by atoms with Gasteiger partial charge in [-0.3, -0.25) is 9.59 Å². The van der Waals surface area contributed by atoms with Gasteiger partial charge in [-0.2, -0.15) is 0 Å². The van der Waals surface area contributed by atoms with Crippen molar-refractivity contribution in [1.82, 2.24) is 10.0 Å². The van der Waals surface area contributed by atoms with Crippen LogP contribution in [0.2, 0.25) is 0 Å². The number of hydrogen-bond acceptors (Lipinski definition) is 4. The van der Waals surface area contributed by atoms with Crippen molar-refractivity contribution < 1.29 is 19.2 Å². The number of fused-ring (bicyclic) bond motifs is 2. The molecule has 3 aromatic rings. The van der Waals surface area contributed by atoms with E-state index in [0.717, 1.165) is 5.52 Å². The molecule has 0 fully saturated rings. The van der Waals surface area contributed by atoms with Crippen LogP contribution in [0.1, 0.15) is 36.8 Å². The van der Waals surface area contributed by atoms with Gasteiger partial charge in [0, 0.05) is 16.6 Å². The summed E-state index contributed by atoms with van der Waals surface area (Å²) in [6, 6.07) is 13.6. The van der Waals surface area contributed by atoms with Gasteiger partial charge in [0.15, 0.2) is 0 Å². The predicted octanol–water partition coefficient (Wildman–Crippen LogP) is 2.84. The van der Waals surface area contributed by atoms with Crippen molar-refractivity contribution in [3.05, 3.63) is 70.9 Å². The molecule has 0 unspecified atom stereocenters. The second-order valence-electron chi connectivity index (χ2n) is 5.50. The lowest BCUT2D eigenvalue weighted by atomic mass is 10.1. The zero-order valence-electron chi connectivity index (χ0n) is 12.7. The Labute approximate surface area is 136 Å². The number of aromatic nitrogens is 1. The second-order valence-corrected chi connectivity index (χ2v) is 5.50. The number of aryl methyl sites for hydroxylation is 1. The molecule has 0 saturated carbocycles. The largest absolute Gasteiger partial charge is 0.366 e. The Kier molecular flexibility index (Phi) is 2.99. The van der Waals surface area contributed by atoms with Crippen LogP contribution in [-0.4, -0.2) is 27.8 Å². The van der Waals surface area contributed by atoms with Crippen molar-refractivity contribution in [2.24, 2.45) is 0 Å². The minimum atomic E-state index is -0.751. The average molecular weight is 320 g/mol. The number of rotatable bonds is 2. The molecule has 0 aliphatic carbocycles. The third kappa shape index (κ3) is 1.93. The minimum absolute atomic E-state index is 0.228. The molecule has 1 aromatic heterocycles. The van der Waals surface area contributed by atoms with Gasteiger partial charge < -0.3 is 9.82 Å². The maximum absolute atomic E-state index is 12.6. The van der Waals surface area contributed by atoms with Crippen LogP contribution >= 0.6 is 0 Å². The molecule has 0 spiro atoms. The first-order valence-electron chi connectivity index (χ1n) is 7.35. The number of carbonyl (C=O) groups is 3. The Bertz CT molecular complexity index is 984. The quantitative estimate of drug-likeness (QED) is 0.736. The number of hydroxylamine groups is 2. The molecule has 2 amide bonds. The third-order valence-corrected chi connectivity index (χ3v) is 4.03. The molecule has 118 valence electrons. The first kappa shape index (κ1) is 14.2. The van der Waals surface area contributed by atoms with Gasteiger partial charge in [-0.05, 0) is 25.1 Å². The Morgan fingerprint density at radius 2 is 1.54 bits per heavy atom. The summed E-state index contributed by atoms with van der Waals surface area (Å²) in [6.07, 6.45) is 0. The second kappa shape index (κ2) is 5.06. The SMILES string of the molecule is Cc1[nH]c2ccccc2c1C(=O)ON1C(=O)c2ccccc2C1=O. The molecule has 0 atom stereocenters. The number of nitrogens with zero attached hydrogens (tertiary/aromatic N) is 1. The van der Waals surface area contributed by atoms with E-state index < -0.39 is 17.8 Å². The lowest BCUT2D eigenvalue weighted by molar-refractivity contribution is -0.0583. The van der Waals surface area contributed by atoms with Crippen LogP contribution in [0.15, 0.2) is 48.5 Å². The van der Waals surface area contributed by atoms with Gasteiger partial charge in [-0.15, -0.1) is 0 Å². The van der Waals surface area contributed by atoms with E-state index in [9.17, 15) is 14.4 Å². The van der Waals surface area contributed by atoms with E-state index in [1.54, 1.807) is 31.2 Å². The highest BCUT2D eigenvalue weighted by molar-refractivity contribution is 6.21. The van der Waals surface area contributed by atoms with Crippen molar-refractivity contribution in [3.8, 4) is 0 Å². The highest BCUT2D eigenvalue weighted by atomic mass is 16.7. The molecule has 2 aromatic carbocycles. The van der Waals surface area contributed by atoms with E-state index >= 15 is 0 Å². The third-order valence-electron chi connectivity index (χ3n) is 4.03. The number of imide groups is 1. The Morgan fingerprint density at radius 1 is 0.958 bits per heavy atom. The van der Waals surface area contributed by atoms with Gasteiger partial charge >= 0.3 is 5.97 Å². The van der Waals surface area contributed by atoms with Crippen LogP contribution in [0.25, 0.3) is 10.9 Å². The van der Waals surface area contributed by atoms with Gasteiger partial charge in [0.25, 0.3) is 11.8 Å². The molecule has 0 saturated heterocycles. The smallest absolute Gasteiger partial charge is 0.358 e. The highest BCUT2D eigenvalue weighted by Gasteiger charge is 2.39. The Morgan fingerprint density at radius 3 is 2.21 bits per heavy atom. The molecule has 6 nitrogen and oxygen atoms in total. The van der Waals surface area contributed by atoms with Crippen molar-refractivity contribution in [2.75, 3.05) is 0 Å². The summed E-state index contributed by atoms with van der Waals surface area (Å²) >= 11 is 0. The summed E-state index contributed by atoms with van der Waals surface area (Å²) in [5.74, 6) is -2.03. The number of benzene rings is 2. The molecule has 1 N–H and O–H groups in total. The van der Waals surface area contributed by atoms with E-state index in [0.29, 0.717) is 21.7 Å². The number of hydrogen-bond donors (Lipinski definition) is 1. The van der Waals surface area contributed by atoms with Crippen LogP contribution < -0.4 is 0 Å². The van der Waals surface area contributed by atoms with E-state index in [1.807, 2.05) is 12.1 Å². The van der Waals surface area contributed by atoms with Gasteiger partial charge in [-0.1, -0.05) is 35.4 Å². The summed E-state index contributed by atoms with van der Waals surface area (Å²) in [5.41, 5.74) is 2.15. The fourth-order valence-corrected chi connectivity index (χ4v) is 2.92. The first-order chi connectivity index (χ1) is 11.6. The monoisotopic (exact) mass is 320 g/mol. The van der Waals surface area contributed by atoms with Gasteiger partial charge in [0.1, 0.15) is 0 Å². The lowest BCUT2D eigenvalue weighted by Gasteiger charge is -2.12. The first-order valence-corrected chi connectivity index (χ1v) is 7.35. The van der Waals surface area contributed by atoms with Crippen LogP contribution in [0.5, 0.6) is 0 Å². The number of para-hydroxylation sites is 1. The van der Waals surface area contributed by atoms with E-state index in [2.05, 4.69) is 4.98 Å². The molecule has 4 rings (SSSR count). The van der Waals surface area contributed by atoms with Gasteiger partial charge in [0.2, 0.25) is 0 Å². The fraction of sp³-hybridized carbons (Fsp3) is 0.0556. The zero-order chi connectivity index (χ0) is 16.8. The van der Waals surface area contributed by atoms with E-state index in [1.165, 1.54) is 12.1 Å². The van der Waals surface area contributed by atoms with Crippen molar-refractivity contribution in [3.63, 3.8) is 0 Å². The maximum Gasteiger partial charge on any atom is 0.366 e. The summed E-state index contributed by atoms with van der Waals surface area (Å²) in [6.45, 7) is 1.74. The molecule has 6 heteroatoms. The Balaban J connectivity index is 1.69. The summed E-state index contributed by atoms with van der Waals surface area (Å²) in [4.78, 5) is 45.3. The summed E-state index contributed by atoms with van der Waals surface area (Å²) < 4.78 is 0. The molecule has 0 bridgehead atoms. The molecule has 1 aliphatic heterocycles. The van der Waals surface area contributed by atoms with Crippen LogP contribution in [-0.2, 0) is 4.84 Å². The van der Waals surface area contributed by atoms with E-state index in [4.69, 9.17) is 4.84 Å². The lowest BCUT2D eigenvalue weighted by Crippen LogP contribution is -2.32. The van der Waals surface area contributed by atoms with Crippen LogP contribution in [0.4, 0.5) is 0 Å². The minimum Gasteiger partial charge on any atom is -0.358 e. The molecular weight excluding hydrogens is 308 g/mol. The van der Waals surface area contributed by atoms with Crippen molar-refractivity contribution in [1.29, 1.82) is 0 Å². The number of H-pyrrole nitrogens is 1. The van der Waals surface area contributed by atoms with Crippen LogP contribution in [0.3, 0.4) is 0 Å². The summed E-state index contributed by atoms with van der Waals surface area (Å²) in [7, 11) is 0. The highest BCUT2D eigenvalue weighted by Crippen LogP contribution is 2.26. The van der Waals surface area contributed by atoms with Crippen molar-refractivity contribution in [2.45, 2.75) is 6.92 Å². The molecule has 2 heterocycles. The normalized spacial score (nSPS) is 13.5. The van der Waals surface area contributed by atoms with Crippen molar-refractivity contribution >= 4 is 28.7 Å². The molecule has 0 radical (unpaired) electrons. The number of nitrogens with one attached hydrogen (secondary N) is 1. The number of carbonyl (C=O) groups excluding carboxylic acids is 3. The Hall–Kier alpha value is -3.41. The zero-order valence-corrected chi connectivity index (χ0v) is 12.7. The number of amides is 2. The van der Waals surface area contributed by atoms with Gasteiger partial charge in [-0.25, -0.2) is 4.79 Å². The molecule has 24 heavy (non-hydrogen) atoms. The standard InChI is InChI=1S/C18H12N2O4/c1-10-15(13-8-4-5-9-14(13)19-10)18(23)24-20-16(21)11-6-2-3-7-12(11)17(20)22/h2-9,19H,1H3.